The fraction of sp³-hybridized carbons (Fsp3) is 0.286. The number of aromatic nitrogens is 4. The summed E-state index contributed by atoms with van der Waals surface area (Å²) in [5.41, 5.74) is 2.45. The molecule has 0 aliphatic heterocycles. The van der Waals surface area contributed by atoms with Gasteiger partial charge in [0.2, 0.25) is 0 Å². The van der Waals surface area contributed by atoms with Crippen LogP contribution in [0.1, 0.15) is 24.2 Å². The first-order valence-corrected chi connectivity index (χ1v) is 13.0. The first kappa shape index (κ1) is 28.0. The summed E-state index contributed by atoms with van der Waals surface area (Å²) in [6, 6.07) is 17.4. The summed E-state index contributed by atoms with van der Waals surface area (Å²) < 4.78 is 6.38. The van der Waals surface area contributed by atoms with Crippen LogP contribution >= 0.6 is 0 Å². The number of rotatable bonds is 9. The minimum absolute atomic E-state index is 0.213. The van der Waals surface area contributed by atoms with Crippen molar-refractivity contribution in [3.8, 4) is 11.4 Å². The molecule has 0 fully saturated rings. The van der Waals surface area contributed by atoms with Crippen LogP contribution in [0.25, 0.3) is 11.4 Å². The number of carbonyl (C=O) groups excluding carboxylic acids is 2. The molecule has 0 aliphatic carbocycles. The van der Waals surface area contributed by atoms with Gasteiger partial charge in [0, 0.05) is 27.2 Å². The summed E-state index contributed by atoms with van der Waals surface area (Å²) in [5.74, 6) is 0. The van der Waals surface area contributed by atoms with Gasteiger partial charge in [0.15, 0.2) is 0 Å². The fourth-order valence-corrected chi connectivity index (χ4v) is 4.39. The quantitative estimate of drug-likeness (QED) is 0.240. The highest BCUT2D eigenvalue weighted by Crippen LogP contribution is 2.15. The van der Waals surface area contributed by atoms with Gasteiger partial charge in [-0.15, -0.1) is 0 Å². The van der Waals surface area contributed by atoms with Crippen LogP contribution in [0.15, 0.2) is 70.3 Å². The summed E-state index contributed by atoms with van der Waals surface area (Å²) in [6.07, 6.45) is 1.20. The Morgan fingerprint density at radius 2 is 0.975 bits per heavy atom. The third-order valence-corrected chi connectivity index (χ3v) is 6.76. The number of nitrogens with zero attached hydrogens (tertiary/aromatic N) is 4. The highest BCUT2D eigenvalue weighted by atomic mass is 16.2. The highest BCUT2D eigenvalue weighted by Gasteiger charge is 2.19. The van der Waals surface area contributed by atoms with Crippen molar-refractivity contribution in [2.45, 2.75) is 26.7 Å². The van der Waals surface area contributed by atoms with Crippen LogP contribution in [0.4, 0.5) is 21.0 Å². The molecule has 4 rings (SSSR count). The number of benzene rings is 2. The zero-order valence-electron chi connectivity index (χ0n) is 23.0. The van der Waals surface area contributed by atoms with E-state index >= 15 is 0 Å². The smallest absolute Gasteiger partial charge is 0.319 e. The van der Waals surface area contributed by atoms with Gasteiger partial charge in [-0.2, -0.15) is 0 Å². The second kappa shape index (κ2) is 12.2. The van der Waals surface area contributed by atoms with E-state index in [2.05, 4.69) is 21.3 Å². The normalized spacial score (nSPS) is 10.8. The molecule has 2 heterocycles. The van der Waals surface area contributed by atoms with Gasteiger partial charge in [-0.05, 0) is 51.0 Å². The molecule has 2 aromatic carbocycles. The van der Waals surface area contributed by atoms with Crippen molar-refractivity contribution in [1.82, 2.24) is 29.4 Å². The van der Waals surface area contributed by atoms with Gasteiger partial charge in [-0.1, -0.05) is 36.4 Å². The molecule has 0 unspecified atom stereocenters. The summed E-state index contributed by atoms with van der Waals surface area (Å²) in [7, 11) is 3.52. The number of hydrogen-bond acceptors (Lipinski definition) is 4. The summed E-state index contributed by atoms with van der Waals surface area (Å²) >= 11 is 0. The van der Waals surface area contributed by atoms with E-state index in [0.717, 1.165) is 0 Å². The molecule has 0 saturated heterocycles. The maximum atomic E-state index is 12.9. The van der Waals surface area contributed by atoms with Crippen LogP contribution < -0.4 is 32.4 Å². The number of carbonyl (C=O) groups is 2. The Hall–Kier alpha value is -5.00. The predicted molar refractivity (Wildman–Crippen MR) is 155 cm³/mol. The van der Waals surface area contributed by atoms with Crippen molar-refractivity contribution in [2.24, 2.45) is 14.1 Å². The van der Waals surface area contributed by atoms with Crippen LogP contribution in [-0.4, -0.2) is 43.9 Å². The maximum Gasteiger partial charge on any atom is 0.319 e. The number of urea groups is 2. The molecule has 2 aromatic heterocycles. The van der Waals surface area contributed by atoms with E-state index < -0.39 is 12.1 Å². The number of anilines is 2. The zero-order valence-corrected chi connectivity index (χ0v) is 23.0. The fourth-order valence-electron chi connectivity index (χ4n) is 4.39. The molecule has 40 heavy (non-hydrogen) atoms. The Kier molecular flexibility index (Phi) is 8.57. The van der Waals surface area contributed by atoms with Crippen molar-refractivity contribution >= 4 is 23.4 Å². The lowest BCUT2D eigenvalue weighted by molar-refractivity contribution is 0.250. The zero-order chi connectivity index (χ0) is 28.8. The Morgan fingerprint density at radius 3 is 1.32 bits per heavy atom. The van der Waals surface area contributed by atoms with E-state index in [4.69, 9.17) is 0 Å². The predicted octanol–water partition coefficient (Wildman–Crippen LogP) is 3.01. The van der Waals surface area contributed by atoms with Gasteiger partial charge in [0.1, 0.15) is 11.4 Å². The minimum Gasteiger partial charge on any atom is -0.338 e. The van der Waals surface area contributed by atoms with E-state index in [1.54, 1.807) is 37.3 Å². The monoisotopic (exact) mass is 546 g/mol. The second-order valence-electron chi connectivity index (χ2n) is 9.34. The molecule has 0 saturated carbocycles. The summed E-state index contributed by atoms with van der Waals surface area (Å²) in [6.45, 7) is 4.24. The first-order chi connectivity index (χ1) is 19.2. The Balaban J connectivity index is 1.22. The molecule has 4 N–H and O–H groups in total. The number of hydrogen-bond donors (Lipinski definition) is 4. The summed E-state index contributed by atoms with van der Waals surface area (Å²) in [4.78, 5) is 50.7. The number of unbranched alkanes of at least 4 members (excludes halogenated alkanes) is 1. The lowest BCUT2D eigenvalue weighted by atomic mass is 10.3. The maximum absolute atomic E-state index is 12.9. The molecule has 12 heteroatoms. The molecule has 4 aromatic rings. The van der Waals surface area contributed by atoms with E-state index in [1.165, 1.54) is 9.36 Å². The molecule has 210 valence electrons. The van der Waals surface area contributed by atoms with Crippen molar-refractivity contribution in [1.29, 1.82) is 0 Å². The molecular formula is C28H34N8O4. The van der Waals surface area contributed by atoms with E-state index in [9.17, 15) is 19.2 Å². The van der Waals surface area contributed by atoms with Crippen LogP contribution in [0.3, 0.4) is 0 Å². The standard InChI is InChI=1S/C28H34N8O4/c1-19-23(25(37)35(33(19)3)21-13-7-5-8-14-21)31-27(39)29-17-11-12-18-30-28(40)32-24-20(2)34(4)36(26(24)38)22-15-9-6-10-16-22/h5-10,13-16H,11-12,17-18H2,1-4H3,(H2,29,31,39)(H2,30,32,40). The Bertz CT molecular complexity index is 1490. The van der Waals surface area contributed by atoms with Crippen molar-refractivity contribution < 1.29 is 9.59 Å². The molecule has 0 atom stereocenters. The molecule has 12 nitrogen and oxygen atoms in total. The van der Waals surface area contributed by atoms with E-state index in [-0.39, 0.29) is 22.5 Å². The van der Waals surface area contributed by atoms with E-state index in [0.29, 0.717) is 48.7 Å². The molecule has 0 spiro atoms. The van der Waals surface area contributed by atoms with E-state index in [1.807, 2.05) is 60.7 Å². The lowest BCUT2D eigenvalue weighted by Gasteiger charge is -2.08. The van der Waals surface area contributed by atoms with Gasteiger partial charge in [-0.25, -0.2) is 19.0 Å². The Labute approximate surface area is 231 Å². The van der Waals surface area contributed by atoms with Crippen LogP contribution in [0.5, 0.6) is 0 Å². The van der Waals surface area contributed by atoms with Crippen molar-refractivity contribution in [2.75, 3.05) is 23.7 Å². The molecule has 0 aliphatic rings. The lowest BCUT2D eigenvalue weighted by Crippen LogP contribution is -2.33. The van der Waals surface area contributed by atoms with Gasteiger partial charge >= 0.3 is 12.1 Å². The number of para-hydroxylation sites is 2. The van der Waals surface area contributed by atoms with Crippen LogP contribution in [-0.2, 0) is 14.1 Å². The van der Waals surface area contributed by atoms with Gasteiger partial charge in [-0.3, -0.25) is 19.0 Å². The first-order valence-electron chi connectivity index (χ1n) is 13.0. The van der Waals surface area contributed by atoms with Crippen LogP contribution in [0.2, 0.25) is 0 Å². The summed E-state index contributed by atoms with van der Waals surface area (Å²) in [5, 5.41) is 10.8. The largest absolute Gasteiger partial charge is 0.338 e. The topological polar surface area (TPSA) is 136 Å². The molecule has 0 bridgehead atoms. The Morgan fingerprint density at radius 1 is 0.625 bits per heavy atom. The third kappa shape index (κ3) is 5.85. The average Bonchev–Trinajstić information content (AvgIpc) is 3.29. The number of nitrogens with one attached hydrogen (secondary N) is 4. The molecule has 4 amide bonds. The third-order valence-electron chi connectivity index (χ3n) is 6.76. The number of amides is 4. The van der Waals surface area contributed by atoms with Gasteiger partial charge in [0.05, 0.1) is 22.8 Å². The molecule has 0 radical (unpaired) electrons. The SMILES string of the molecule is Cc1c(NC(=O)NCCCCNC(=O)Nc2c(C)n(C)n(-c3ccccc3)c2=O)c(=O)n(-c2ccccc2)n1C. The van der Waals surface area contributed by atoms with Gasteiger partial charge < -0.3 is 21.3 Å². The second-order valence-corrected chi connectivity index (χ2v) is 9.34. The van der Waals surface area contributed by atoms with Gasteiger partial charge in [0.25, 0.3) is 11.1 Å². The van der Waals surface area contributed by atoms with Crippen LogP contribution in [0, 0.1) is 13.8 Å². The minimum atomic E-state index is -0.481. The van der Waals surface area contributed by atoms with Crippen molar-refractivity contribution in [3.05, 3.63) is 92.8 Å². The molecular weight excluding hydrogens is 512 g/mol. The average molecular weight is 547 g/mol. The highest BCUT2D eigenvalue weighted by molar-refractivity contribution is 5.90. The van der Waals surface area contributed by atoms with Crippen molar-refractivity contribution in [3.63, 3.8) is 0 Å².